The molecule has 0 fully saturated rings. The molecule has 0 bridgehead atoms. The molecule has 2 heterocycles. The fourth-order valence-electron chi connectivity index (χ4n) is 3.65. The fraction of sp³-hybridized carbons (Fsp3) is 0.0385. The number of hydrogen-bond donors (Lipinski definition) is 2. The van der Waals surface area contributed by atoms with Gasteiger partial charge in [-0.05, 0) is 49.4 Å². The molecule has 5 rings (SSSR count). The molecule has 0 saturated carbocycles. The average molecular weight is 547 g/mol. The summed E-state index contributed by atoms with van der Waals surface area (Å²) in [6.07, 6.45) is 2.90. The van der Waals surface area contributed by atoms with Crippen molar-refractivity contribution in [1.82, 2.24) is 19.7 Å². The number of sulfonamides is 2. The zero-order valence-corrected chi connectivity index (χ0v) is 21.7. The Kier molecular flexibility index (Phi) is 6.66. The summed E-state index contributed by atoms with van der Waals surface area (Å²) >= 11 is 0. The highest BCUT2D eigenvalue weighted by molar-refractivity contribution is 7.93. The van der Waals surface area contributed by atoms with Gasteiger partial charge < -0.3 is 0 Å². The Balaban J connectivity index is 1.44. The molecule has 0 saturated heterocycles. The van der Waals surface area contributed by atoms with E-state index in [0.717, 1.165) is 0 Å². The van der Waals surface area contributed by atoms with Crippen LogP contribution in [0.5, 0.6) is 0 Å². The van der Waals surface area contributed by atoms with Crippen molar-refractivity contribution in [2.24, 2.45) is 0 Å². The van der Waals surface area contributed by atoms with Crippen molar-refractivity contribution in [3.63, 3.8) is 0 Å². The molecule has 0 aliphatic rings. The van der Waals surface area contributed by atoms with Gasteiger partial charge in [0.15, 0.2) is 0 Å². The van der Waals surface area contributed by atoms with Crippen LogP contribution in [-0.2, 0) is 20.0 Å². The molecule has 0 aliphatic heterocycles. The van der Waals surface area contributed by atoms with Gasteiger partial charge in [-0.15, -0.1) is 0 Å². The third-order valence-corrected chi connectivity index (χ3v) is 8.20. The number of hydrogen-bond acceptors (Lipinski definition) is 7. The van der Waals surface area contributed by atoms with E-state index in [1.807, 2.05) is 36.4 Å². The molecular formula is C26H22N6O4S2. The lowest BCUT2D eigenvalue weighted by molar-refractivity contribution is 0.600. The summed E-state index contributed by atoms with van der Waals surface area (Å²) in [5.41, 5.74) is 2.40. The molecule has 0 spiro atoms. The van der Waals surface area contributed by atoms with Crippen molar-refractivity contribution in [2.75, 3.05) is 9.44 Å². The molecular weight excluding hydrogens is 524 g/mol. The molecule has 0 aliphatic carbocycles. The number of anilines is 2. The van der Waals surface area contributed by atoms with E-state index in [0.29, 0.717) is 16.9 Å². The van der Waals surface area contributed by atoms with Gasteiger partial charge in [0, 0.05) is 23.1 Å². The molecule has 38 heavy (non-hydrogen) atoms. The van der Waals surface area contributed by atoms with E-state index in [9.17, 15) is 16.8 Å². The first kappa shape index (κ1) is 25.1. The molecule has 0 atom stereocenters. The van der Waals surface area contributed by atoms with Crippen LogP contribution >= 0.6 is 0 Å². The van der Waals surface area contributed by atoms with E-state index >= 15 is 0 Å². The lowest BCUT2D eigenvalue weighted by atomic mass is 10.2. The van der Waals surface area contributed by atoms with Crippen LogP contribution in [0.15, 0.2) is 113 Å². The van der Waals surface area contributed by atoms with E-state index in [2.05, 4.69) is 24.5 Å². The van der Waals surface area contributed by atoms with E-state index in [4.69, 9.17) is 0 Å². The number of rotatable bonds is 8. The Labute approximate surface area is 220 Å². The van der Waals surface area contributed by atoms with Crippen molar-refractivity contribution >= 4 is 31.7 Å². The van der Waals surface area contributed by atoms with Gasteiger partial charge in [0.25, 0.3) is 20.0 Å². The van der Waals surface area contributed by atoms with Gasteiger partial charge >= 0.3 is 0 Å². The summed E-state index contributed by atoms with van der Waals surface area (Å²) in [6, 6.07) is 25.1. The van der Waals surface area contributed by atoms with Crippen molar-refractivity contribution < 1.29 is 16.8 Å². The molecule has 0 unspecified atom stereocenters. The van der Waals surface area contributed by atoms with Gasteiger partial charge in [-0.25, -0.2) is 36.2 Å². The van der Waals surface area contributed by atoms with Gasteiger partial charge in [-0.2, -0.15) is 5.10 Å². The van der Waals surface area contributed by atoms with Crippen LogP contribution in [0.4, 0.5) is 11.6 Å². The number of nitrogens with zero attached hydrogens (tertiary/aromatic N) is 4. The number of aryl methyl sites for hydroxylation is 1. The topological polar surface area (TPSA) is 136 Å². The van der Waals surface area contributed by atoms with Crippen molar-refractivity contribution in [2.45, 2.75) is 16.7 Å². The average Bonchev–Trinajstić information content (AvgIpc) is 3.37. The lowest BCUT2D eigenvalue weighted by Crippen LogP contribution is -2.16. The number of aromatic nitrogens is 4. The second-order valence-corrected chi connectivity index (χ2v) is 11.6. The smallest absolute Gasteiger partial charge is 0.265 e. The van der Waals surface area contributed by atoms with Crippen molar-refractivity contribution in [3.05, 3.63) is 109 Å². The number of benzene rings is 3. The summed E-state index contributed by atoms with van der Waals surface area (Å²) in [4.78, 5) is 7.84. The van der Waals surface area contributed by atoms with E-state index in [1.165, 1.54) is 41.3 Å². The van der Waals surface area contributed by atoms with Crippen LogP contribution in [0.1, 0.15) is 5.69 Å². The maximum absolute atomic E-state index is 13.5. The quantitative estimate of drug-likeness (QED) is 0.297. The molecule has 0 amide bonds. The highest BCUT2D eigenvalue weighted by Crippen LogP contribution is 2.29. The molecule has 0 radical (unpaired) electrons. The molecule has 10 nitrogen and oxygen atoms in total. The first-order valence-corrected chi connectivity index (χ1v) is 14.3. The van der Waals surface area contributed by atoms with Crippen LogP contribution in [0, 0.1) is 6.92 Å². The third-order valence-electron chi connectivity index (χ3n) is 5.48. The first-order chi connectivity index (χ1) is 18.2. The van der Waals surface area contributed by atoms with E-state index < -0.39 is 20.0 Å². The van der Waals surface area contributed by atoms with Gasteiger partial charge in [0.1, 0.15) is 10.6 Å². The Hall–Kier alpha value is -4.55. The van der Waals surface area contributed by atoms with E-state index in [1.54, 1.807) is 37.3 Å². The monoisotopic (exact) mass is 546 g/mol. The molecule has 3 aromatic carbocycles. The molecule has 192 valence electrons. The minimum absolute atomic E-state index is 0.0255. The van der Waals surface area contributed by atoms with Crippen LogP contribution in [0.25, 0.3) is 16.9 Å². The summed E-state index contributed by atoms with van der Waals surface area (Å²) in [5, 5.41) is 4.55. The minimum Gasteiger partial charge on any atom is -0.280 e. The predicted octanol–water partition coefficient (Wildman–Crippen LogP) is 4.24. The van der Waals surface area contributed by atoms with Gasteiger partial charge in [-0.3, -0.25) is 4.72 Å². The Morgan fingerprint density at radius 2 is 1.39 bits per heavy atom. The van der Waals surface area contributed by atoms with Crippen molar-refractivity contribution in [1.29, 1.82) is 0 Å². The highest BCUT2D eigenvalue weighted by atomic mass is 32.2. The minimum atomic E-state index is -4.10. The first-order valence-electron chi connectivity index (χ1n) is 11.4. The lowest BCUT2D eigenvalue weighted by Gasteiger charge is -2.10. The molecule has 2 N–H and O–H groups in total. The Morgan fingerprint density at radius 3 is 2.05 bits per heavy atom. The summed E-state index contributed by atoms with van der Waals surface area (Å²) in [7, 11) is -8.08. The van der Waals surface area contributed by atoms with E-state index in [-0.39, 0.29) is 27.1 Å². The SMILES string of the molecule is Cc1ccnc(NS(=O)(=O)c2ccc(NS(=O)(=O)c3cn(-c4ccccc4)nc3-c3ccccc3)cc2)n1. The molecule has 5 aromatic rings. The van der Waals surface area contributed by atoms with Crippen LogP contribution < -0.4 is 9.44 Å². The van der Waals surface area contributed by atoms with Gasteiger partial charge in [0.05, 0.1) is 16.8 Å². The van der Waals surface area contributed by atoms with Crippen LogP contribution in [0.2, 0.25) is 0 Å². The van der Waals surface area contributed by atoms with Crippen LogP contribution in [0.3, 0.4) is 0 Å². The van der Waals surface area contributed by atoms with Gasteiger partial charge in [-0.1, -0.05) is 48.5 Å². The third kappa shape index (κ3) is 5.41. The highest BCUT2D eigenvalue weighted by Gasteiger charge is 2.25. The normalized spacial score (nSPS) is 11.7. The number of para-hydroxylation sites is 1. The van der Waals surface area contributed by atoms with Crippen LogP contribution in [-0.4, -0.2) is 36.6 Å². The predicted molar refractivity (Wildman–Crippen MR) is 144 cm³/mol. The summed E-state index contributed by atoms with van der Waals surface area (Å²) < 4.78 is 58.8. The zero-order chi connectivity index (χ0) is 26.8. The second-order valence-electron chi connectivity index (χ2n) is 8.25. The zero-order valence-electron chi connectivity index (χ0n) is 20.1. The standard InChI is InChI=1S/C26H22N6O4S2/c1-19-16-17-27-26(28-19)31-37(33,34)23-14-12-21(13-15-23)30-38(35,36)24-18-32(22-10-6-3-7-11-22)29-25(24)20-8-4-2-5-9-20/h2-18,30H,1H3,(H,27,28,31). The maximum Gasteiger partial charge on any atom is 0.265 e. The molecule has 12 heteroatoms. The number of nitrogens with one attached hydrogen (secondary N) is 2. The Morgan fingerprint density at radius 1 is 0.737 bits per heavy atom. The fourth-order valence-corrected chi connectivity index (χ4v) is 5.81. The Bertz CT molecular complexity index is 1790. The van der Waals surface area contributed by atoms with Crippen molar-refractivity contribution in [3.8, 4) is 16.9 Å². The largest absolute Gasteiger partial charge is 0.280 e. The van der Waals surface area contributed by atoms with Gasteiger partial charge in [0.2, 0.25) is 5.95 Å². The summed E-state index contributed by atoms with van der Waals surface area (Å²) in [6.45, 7) is 1.72. The maximum atomic E-state index is 13.5. The summed E-state index contributed by atoms with van der Waals surface area (Å²) in [5.74, 6) is -0.0568. The molecule has 2 aromatic heterocycles. The second kappa shape index (κ2) is 10.1.